The van der Waals surface area contributed by atoms with Gasteiger partial charge in [-0.15, -0.1) is 0 Å². The van der Waals surface area contributed by atoms with E-state index in [-0.39, 0.29) is 5.75 Å². The number of phenols is 1. The molecule has 0 aliphatic heterocycles. The van der Waals surface area contributed by atoms with Crippen LogP contribution in [0.5, 0.6) is 17.2 Å². The normalized spacial score (nSPS) is 10.1. The summed E-state index contributed by atoms with van der Waals surface area (Å²) in [6.45, 7) is 5.17. The predicted molar refractivity (Wildman–Crippen MR) is 102 cm³/mol. The molecule has 7 heteroatoms. The molecule has 7 nitrogen and oxygen atoms in total. The fourth-order valence-corrected chi connectivity index (χ4v) is 2.42. The van der Waals surface area contributed by atoms with Crippen LogP contribution in [0.25, 0.3) is 0 Å². The molecule has 2 aromatic carbocycles. The van der Waals surface area contributed by atoms with Gasteiger partial charge in [0.25, 0.3) is 0 Å². The van der Waals surface area contributed by atoms with Crippen LogP contribution >= 0.6 is 0 Å². The van der Waals surface area contributed by atoms with Gasteiger partial charge in [0.2, 0.25) is 0 Å². The predicted octanol–water partition coefficient (Wildman–Crippen LogP) is 2.49. The summed E-state index contributed by atoms with van der Waals surface area (Å²) >= 11 is 0. The molecular weight excluding hydrogens is 348 g/mol. The zero-order chi connectivity index (χ0) is 19.6. The van der Waals surface area contributed by atoms with E-state index in [4.69, 9.17) is 9.47 Å². The van der Waals surface area contributed by atoms with Crippen molar-refractivity contribution in [2.75, 3.05) is 25.1 Å². The highest BCUT2D eigenvalue weighted by Crippen LogP contribution is 2.28. The minimum atomic E-state index is -0.790. The van der Waals surface area contributed by atoms with Crippen molar-refractivity contribution in [2.24, 2.45) is 0 Å². The van der Waals surface area contributed by atoms with Gasteiger partial charge >= 0.3 is 11.8 Å². The van der Waals surface area contributed by atoms with Crippen LogP contribution in [0.15, 0.2) is 42.5 Å². The highest BCUT2D eigenvalue weighted by atomic mass is 16.5. The number of carbonyl (C=O) groups excluding carboxylic acids is 2. The molecule has 0 saturated heterocycles. The summed E-state index contributed by atoms with van der Waals surface area (Å²) in [6, 6.07) is 11.6. The molecule has 3 N–H and O–H groups in total. The molecule has 144 valence electrons. The largest absolute Gasteiger partial charge is 0.508 e. The van der Waals surface area contributed by atoms with Crippen molar-refractivity contribution in [3.8, 4) is 17.2 Å². The first-order chi connectivity index (χ1) is 13.0. The van der Waals surface area contributed by atoms with E-state index in [1.165, 1.54) is 12.1 Å². The first kappa shape index (κ1) is 20.1. The quantitative estimate of drug-likeness (QED) is 0.619. The lowest BCUT2D eigenvalue weighted by molar-refractivity contribution is -0.136. The Labute approximate surface area is 158 Å². The average molecular weight is 372 g/mol. The van der Waals surface area contributed by atoms with Gasteiger partial charge in [-0.2, -0.15) is 0 Å². The SMILES string of the molecule is CCOc1ccc(CCNC(=O)C(=O)Nc2cccc(O)c2)cc1OCC. The van der Waals surface area contributed by atoms with Gasteiger partial charge in [-0.25, -0.2) is 0 Å². The molecule has 2 rings (SSSR count). The molecule has 0 aliphatic rings. The Morgan fingerprint density at radius 1 is 0.963 bits per heavy atom. The summed E-state index contributed by atoms with van der Waals surface area (Å²) in [7, 11) is 0. The number of anilines is 1. The van der Waals surface area contributed by atoms with Crippen molar-refractivity contribution in [1.29, 1.82) is 0 Å². The third-order valence-corrected chi connectivity index (χ3v) is 3.62. The van der Waals surface area contributed by atoms with Crippen molar-refractivity contribution in [3.63, 3.8) is 0 Å². The van der Waals surface area contributed by atoms with Crippen molar-refractivity contribution in [2.45, 2.75) is 20.3 Å². The molecule has 0 radical (unpaired) electrons. The number of benzene rings is 2. The van der Waals surface area contributed by atoms with E-state index in [1.54, 1.807) is 12.1 Å². The van der Waals surface area contributed by atoms with E-state index in [0.29, 0.717) is 43.4 Å². The lowest BCUT2D eigenvalue weighted by Gasteiger charge is -2.12. The van der Waals surface area contributed by atoms with Crippen LogP contribution in [-0.4, -0.2) is 36.7 Å². The van der Waals surface area contributed by atoms with Gasteiger partial charge in [0, 0.05) is 18.3 Å². The monoisotopic (exact) mass is 372 g/mol. The minimum absolute atomic E-state index is 0.00816. The second kappa shape index (κ2) is 10.1. The van der Waals surface area contributed by atoms with E-state index in [1.807, 2.05) is 32.0 Å². The number of rotatable bonds is 8. The number of aromatic hydroxyl groups is 1. The molecule has 0 saturated carbocycles. The molecule has 0 unspecified atom stereocenters. The first-order valence-electron chi connectivity index (χ1n) is 8.80. The van der Waals surface area contributed by atoms with Crippen LogP contribution in [-0.2, 0) is 16.0 Å². The van der Waals surface area contributed by atoms with Crippen molar-refractivity contribution in [3.05, 3.63) is 48.0 Å². The molecule has 2 amide bonds. The number of phenolic OH excluding ortho intramolecular Hbond substituents is 1. The third kappa shape index (κ3) is 6.22. The number of hydrogen-bond acceptors (Lipinski definition) is 5. The summed E-state index contributed by atoms with van der Waals surface area (Å²) in [6.07, 6.45) is 0.539. The Hall–Kier alpha value is -3.22. The van der Waals surface area contributed by atoms with Gasteiger partial charge in [0.1, 0.15) is 5.75 Å². The van der Waals surface area contributed by atoms with Crippen molar-refractivity contribution >= 4 is 17.5 Å². The fourth-order valence-electron chi connectivity index (χ4n) is 2.42. The molecule has 0 heterocycles. The smallest absolute Gasteiger partial charge is 0.313 e. The Balaban J connectivity index is 1.86. The highest BCUT2D eigenvalue weighted by molar-refractivity contribution is 6.39. The van der Waals surface area contributed by atoms with Gasteiger partial charge in [-0.05, 0) is 50.1 Å². The van der Waals surface area contributed by atoms with Crippen molar-refractivity contribution < 1.29 is 24.2 Å². The van der Waals surface area contributed by atoms with Gasteiger partial charge < -0.3 is 25.2 Å². The third-order valence-electron chi connectivity index (χ3n) is 3.62. The molecule has 2 aromatic rings. The molecule has 0 bridgehead atoms. The second-order valence-electron chi connectivity index (χ2n) is 5.66. The highest BCUT2D eigenvalue weighted by Gasteiger charge is 2.13. The number of hydrogen-bond donors (Lipinski definition) is 3. The van der Waals surface area contributed by atoms with Gasteiger partial charge in [-0.3, -0.25) is 9.59 Å². The number of ether oxygens (including phenoxy) is 2. The molecule has 0 atom stereocenters. The Kier molecular flexibility index (Phi) is 7.49. The lowest BCUT2D eigenvalue weighted by Crippen LogP contribution is -2.36. The molecular formula is C20H24N2O5. The van der Waals surface area contributed by atoms with E-state index in [2.05, 4.69) is 10.6 Å². The zero-order valence-corrected chi connectivity index (χ0v) is 15.5. The van der Waals surface area contributed by atoms with Crippen LogP contribution in [0.2, 0.25) is 0 Å². The molecule has 0 spiro atoms. The van der Waals surface area contributed by atoms with Crippen LogP contribution in [0.3, 0.4) is 0 Å². The maximum Gasteiger partial charge on any atom is 0.313 e. The van der Waals surface area contributed by atoms with Crippen LogP contribution in [0.4, 0.5) is 5.69 Å². The average Bonchev–Trinajstić information content (AvgIpc) is 2.64. The van der Waals surface area contributed by atoms with E-state index in [9.17, 15) is 14.7 Å². The molecule has 0 aromatic heterocycles. The standard InChI is InChI=1S/C20H24N2O5/c1-3-26-17-9-8-14(12-18(17)27-4-2)10-11-21-19(24)20(25)22-15-6-5-7-16(23)13-15/h5-9,12-13,23H,3-4,10-11H2,1-2H3,(H,21,24)(H,22,25). The summed E-state index contributed by atoms with van der Waals surface area (Å²) in [5.41, 5.74) is 1.30. The van der Waals surface area contributed by atoms with Gasteiger partial charge in [0.05, 0.1) is 13.2 Å². The Morgan fingerprint density at radius 3 is 2.41 bits per heavy atom. The summed E-state index contributed by atoms with van der Waals surface area (Å²) < 4.78 is 11.1. The Bertz CT molecular complexity index is 792. The topological polar surface area (TPSA) is 96.9 Å². The summed E-state index contributed by atoms with van der Waals surface area (Å²) in [5, 5.41) is 14.4. The maximum atomic E-state index is 11.9. The fraction of sp³-hybridized carbons (Fsp3) is 0.300. The van der Waals surface area contributed by atoms with Crippen LogP contribution in [0.1, 0.15) is 19.4 Å². The maximum absolute atomic E-state index is 11.9. The Morgan fingerprint density at radius 2 is 1.70 bits per heavy atom. The van der Waals surface area contributed by atoms with E-state index >= 15 is 0 Å². The first-order valence-corrected chi connectivity index (χ1v) is 8.80. The van der Waals surface area contributed by atoms with E-state index in [0.717, 1.165) is 5.56 Å². The lowest BCUT2D eigenvalue weighted by atomic mass is 10.1. The number of nitrogens with one attached hydrogen (secondary N) is 2. The zero-order valence-electron chi connectivity index (χ0n) is 15.5. The number of amides is 2. The summed E-state index contributed by atoms with van der Waals surface area (Å²) in [5.74, 6) is -0.187. The molecule has 0 fully saturated rings. The van der Waals surface area contributed by atoms with Crippen LogP contribution < -0.4 is 20.1 Å². The van der Waals surface area contributed by atoms with Crippen molar-refractivity contribution in [1.82, 2.24) is 5.32 Å². The van der Waals surface area contributed by atoms with Gasteiger partial charge in [0.15, 0.2) is 11.5 Å². The number of carbonyl (C=O) groups is 2. The molecule has 27 heavy (non-hydrogen) atoms. The van der Waals surface area contributed by atoms with Gasteiger partial charge in [-0.1, -0.05) is 12.1 Å². The molecule has 0 aliphatic carbocycles. The van der Waals surface area contributed by atoms with E-state index < -0.39 is 11.8 Å². The summed E-state index contributed by atoms with van der Waals surface area (Å²) in [4.78, 5) is 23.8. The van der Waals surface area contributed by atoms with Crippen LogP contribution in [0, 0.1) is 0 Å². The minimum Gasteiger partial charge on any atom is -0.508 e. The second-order valence-corrected chi connectivity index (χ2v) is 5.66.